The van der Waals surface area contributed by atoms with Gasteiger partial charge in [0, 0.05) is 18.7 Å². The molecular formula is C16H22N2O2. The van der Waals surface area contributed by atoms with Crippen LogP contribution in [-0.4, -0.2) is 25.9 Å². The Kier molecular flexibility index (Phi) is 5.40. The van der Waals surface area contributed by atoms with E-state index in [0.717, 1.165) is 25.4 Å². The van der Waals surface area contributed by atoms with Crippen LogP contribution in [-0.2, 0) is 4.74 Å². The third-order valence-corrected chi connectivity index (χ3v) is 3.87. The summed E-state index contributed by atoms with van der Waals surface area (Å²) in [6.45, 7) is 6.22. The molecule has 0 bridgehead atoms. The van der Waals surface area contributed by atoms with E-state index < -0.39 is 0 Å². The number of nitrogens with zero attached hydrogens (tertiary/aromatic N) is 1. The fraction of sp³-hybridized carbons (Fsp3) is 0.562. The second-order valence-electron chi connectivity index (χ2n) is 5.32. The minimum absolute atomic E-state index is 0.0892. The molecule has 3 unspecified atom stereocenters. The van der Waals surface area contributed by atoms with Gasteiger partial charge in [-0.1, -0.05) is 12.1 Å². The molecular weight excluding hydrogens is 252 g/mol. The molecule has 1 aliphatic heterocycles. The van der Waals surface area contributed by atoms with Crippen molar-refractivity contribution in [1.29, 1.82) is 5.26 Å². The van der Waals surface area contributed by atoms with Gasteiger partial charge in [-0.05, 0) is 43.9 Å². The fourth-order valence-corrected chi connectivity index (χ4v) is 2.54. The lowest BCUT2D eigenvalue weighted by Crippen LogP contribution is -2.35. The lowest BCUT2D eigenvalue weighted by molar-refractivity contribution is 0.177. The molecule has 3 atom stereocenters. The molecule has 20 heavy (non-hydrogen) atoms. The minimum atomic E-state index is 0.0892. The zero-order valence-corrected chi connectivity index (χ0v) is 12.1. The number of rotatable bonds is 6. The lowest BCUT2D eigenvalue weighted by Gasteiger charge is -2.24. The average molecular weight is 274 g/mol. The van der Waals surface area contributed by atoms with E-state index in [1.165, 1.54) is 5.56 Å². The molecule has 0 saturated carbocycles. The van der Waals surface area contributed by atoms with Crippen LogP contribution in [0.5, 0.6) is 5.75 Å². The van der Waals surface area contributed by atoms with Crippen molar-refractivity contribution in [3.05, 3.63) is 29.8 Å². The Labute approximate surface area is 120 Å². The average Bonchev–Trinajstić information content (AvgIpc) is 3.00. The number of nitriles is 1. The highest BCUT2D eigenvalue weighted by Gasteiger charge is 2.23. The summed E-state index contributed by atoms with van der Waals surface area (Å²) in [6, 6.07) is 10.6. The molecule has 4 nitrogen and oxygen atoms in total. The summed E-state index contributed by atoms with van der Waals surface area (Å²) in [5.41, 5.74) is 1.22. The van der Waals surface area contributed by atoms with Crippen molar-refractivity contribution in [3.63, 3.8) is 0 Å². The SMILES string of the molecule is CC(NC(C)C1CCOC1)c1ccc(OCC#N)cc1. The molecule has 1 saturated heterocycles. The predicted octanol–water partition coefficient (Wildman–Crippen LogP) is 2.66. The van der Waals surface area contributed by atoms with Crippen LogP contribution in [0, 0.1) is 17.2 Å². The first-order valence-electron chi connectivity index (χ1n) is 7.14. The number of benzene rings is 1. The molecule has 1 aliphatic rings. The Balaban J connectivity index is 1.88. The van der Waals surface area contributed by atoms with Gasteiger partial charge in [0.1, 0.15) is 11.8 Å². The smallest absolute Gasteiger partial charge is 0.174 e. The van der Waals surface area contributed by atoms with Crippen molar-refractivity contribution >= 4 is 0 Å². The fourth-order valence-electron chi connectivity index (χ4n) is 2.54. The van der Waals surface area contributed by atoms with Gasteiger partial charge in [0.05, 0.1) is 6.61 Å². The van der Waals surface area contributed by atoms with Crippen molar-refractivity contribution in [2.75, 3.05) is 19.8 Å². The Morgan fingerprint density at radius 2 is 2.15 bits per heavy atom. The monoisotopic (exact) mass is 274 g/mol. The van der Waals surface area contributed by atoms with E-state index in [1.807, 2.05) is 30.3 Å². The van der Waals surface area contributed by atoms with Crippen LogP contribution >= 0.6 is 0 Å². The zero-order chi connectivity index (χ0) is 14.4. The van der Waals surface area contributed by atoms with Crippen LogP contribution in [0.25, 0.3) is 0 Å². The summed E-state index contributed by atoms with van der Waals surface area (Å²) in [4.78, 5) is 0. The summed E-state index contributed by atoms with van der Waals surface area (Å²) in [7, 11) is 0. The quantitative estimate of drug-likeness (QED) is 0.866. The Morgan fingerprint density at radius 3 is 2.75 bits per heavy atom. The van der Waals surface area contributed by atoms with E-state index in [9.17, 15) is 0 Å². The molecule has 4 heteroatoms. The van der Waals surface area contributed by atoms with Gasteiger partial charge in [-0.3, -0.25) is 0 Å². The van der Waals surface area contributed by atoms with Crippen molar-refractivity contribution in [2.45, 2.75) is 32.4 Å². The zero-order valence-electron chi connectivity index (χ0n) is 12.1. The topological polar surface area (TPSA) is 54.3 Å². The third kappa shape index (κ3) is 3.96. The molecule has 1 N–H and O–H groups in total. The normalized spacial score (nSPS) is 21.1. The molecule has 1 fully saturated rings. The molecule has 0 aromatic heterocycles. The number of hydrogen-bond acceptors (Lipinski definition) is 4. The maximum absolute atomic E-state index is 8.48. The molecule has 0 amide bonds. The number of hydrogen-bond donors (Lipinski definition) is 1. The van der Waals surface area contributed by atoms with Gasteiger partial charge in [-0.2, -0.15) is 5.26 Å². The van der Waals surface area contributed by atoms with Crippen molar-refractivity contribution < 1.29 is 9.47 Å². The first-order chi connectivity index (χ1) is 9.70. The highest BCUT2D eigenvalue weighted by Crippen LogP contribution is 2.21. The van der Waals surface area contributed by atoms with Gasteiger partial charge < -0.3 is 14.8 Å². The highest BCUT2D eigenvalue weighted by atomic mass is 16.5. The second-order valence-corrected chi connectivity index (χ2v) is 5.32. The van der Waals surface area contributed by atoms with Gasteiger partial charge in [0.2, 0.25) is 0 Å². The molecule has 1 aromatic rings. The van der Waals surface area contributed by atoms with E-state index >= 15 is 0 Å². The van der Waals surface area contributed by atoms with Crippen LogP contribution in [0.2, 0.25) is 0 Å². The highest BCUT2D eigenvalue weighted by molar-refractivity contribution is 5.29. The first kappa shape index (κ1) is 14.8. The van der Waals surface area contributed by atoms with E-state index in [0.29, 0.717) is 12.0 Å². The Morgan fingerprint density at radius 1 is 1.40 bits per heavy atom. The van der Waals surface area contributed by atoms with E-state index in [1.54, 1.807) is 0 Å². The van der Waals surface area contributed by atoms with Crippen molar-refractivity contribution in [3.8, 4) is 11.8 Å². The molecule has 1 heterocycles. The maximum atomic E-state index is 8.48. The van der Waals surface area contributed by atoms with Gasteiger partial charge >= 0.3 is 0 Å². The third-order valence-electron chi connectivity index (χ3n) is 3.87. The molecule has 1 aromatic carbocycles. The Bertz CT molecular complexity index is 447. The summed E-state index contributed by atoms with van der Waals surface area (Å²) in [6.07, 6.45) is 1.14. The van der Waals surface area contributed by atoms with Gasteiger partial charge in [0.25, 0.3) is 0 Å². The Hall–Kier alpha value is -1.57. The largest absolute Gasteiger partial charge is 0.479 e. The molecule has 0 spiro atoms. The minimum Gasteiger partial charge on any atom is -0.479 e. The van der Waals surface area contributed by atoms with E-state index in [2.05, 4.69) is 19.2 Å². The van der Waals surface area contributed by atoms with Crippen molar-refractivity contribution in [1.82, 2.24) is 5.32 Å². The van der Waals surface area contributed by atoms with Gasteiger partial charge in [0.15, 0.2) is 6.61 Å². The number of ether oxygens (including phenoxy) is 2. The molecule has 108 valence electrons. The van der Waals surface area contributed by atoms with Crippen LogP contribution in [0.15, 0.2) is 24.3 Å². The van der Waals surface area contributed by atoms with Crippen LogP contribution in [0.1, 0.15) is 31.9 Å². The van der Waals surface area contributed by atoms with E-state index in [4.69, 9.17) is 14.7 Å². The van der Waals surface area contributed by atoms with Gasteiger partial charge in [-0.15, -0.1) is 0 Å². The molecule has 0 aliphatic carbocycles. The summed E-state index contributed by atoms with van der Waals surface area (Å²) < 4.78 is 10.7. The van der Waals surface area contributed by atoms with Gasteiger partial charge in [-0.25, -0.2) is 0 Å². The number of nitrogens with one attached hydrogen (secondary N) is 1. The van der Waals surface area contributed by atoms with E-state index in [-0.39, 0.29) is 12.6 Å². The lowest BCUT2D eigenvalue weighted by atomic mass is 9.98. The predicted molar refractivity (Wildman–Crippen MR) is 77.5 cm³/mol. The summed E-state index contributed by atoms with van der Waals surface area (Å²) in [5, 5.41) is 12.1. The first-order valence-corrected chi connectivity index (χ1v) is 7.14. The molecule has 2 rings (SSSR count). The van der Waals surface area contributed by atoms with Crippen molar-refractivity contribution in [2.24, 2.45) is 5.92 Å². The summed E-state index contributed by atoms with van der Waals surface area (Å²) in [5.74, 6) is 1.34. The standard InChI is InChI=1S/C16H22N2O2/c1-12(18-13(2)15-7-9-19-11-15)14-3-5-16(6-4-14)20-10-8-17/h3-6,12-13,15,18H,7,9-11H2,1-2H3. The molecule has 0 radical (unpaired) electrons. The van der Waals surface area contributed by atoms with Crippen LogP contribution in [0.4, 0.5) is 0 Å². The summed E-state index contributed by atoms with van der Waals surface area (Å²) >= 11 is 0. The second kappa shape index (κ2) is 7.28. The maximum Gasteiger partial charge on any atom is 0.174 e. The van der Waals surface area contributed by atoms with Crippen LogP contribution < -0.4 is 10.1 Å². The van der Waals surface area contributed by atoms with Crippen LogP contribution in [0.3, 0.4) is 0 Å².